The van der Waals surface area contributed by atoms with Gasteiger partial charge < -0.3 is 15.0 Å². The van der Waals surface area contributed by atoms with Crippen molar-refractivity contribution in [3.63, 3.8) is 0 Å². The van der Waals surface area contributed by atoms with Crippen molar-refractivity contribution in [2.45, 2.75) is 52.4 Å². The van der Waals surface area contributed by atoms with Crippen molar-refractivity contribution in [2.24, 2.45) is 0 Å². The Morgan fingerprint density at radius 3 is 2.33 bits per heavy atom. The van der Waals surface area contributed by atoms with Gasteiger partial charge in [0.05, 0.1) is 11.2 Å². The van der Waals surface area contributed by atoms with Crippen LogP contribution in [0.5, 0.6) is 0 Å². The first kappa shape index (κ1) is 16.2. The second-order valence-electron chi connectivity index (χ2n) is 7.08. The standard InChI is InChI=1S/C17H27FN2O/c1-6-19-10-13-7-14(18)9-15(8-13)20-11-16(2,3)21-17(4,5)12-20/h7-9,19H,6,10-12H2,1-5H3. The summed E-state index contributed by atoms with van der Waals surface area (Å²) in [4.78, 5) is 2.22. The predicted molar refractivity (Wildman–Crippen MR) is 85.2 cm³/mol. The van der Waals surface area contributed by atoms with E-state index in [0.717, 1.165) is 30.9 Å². The highest BCUT2D eigenvalue weighted by Crippen LogP contribution is 2.32. The summed E-state index contributed by atoms with van der Waals surface area (Å²) < 4.78 is 20.0. The molecule has 4 heteroatoms. The molecule has 1 aromatic carbocycles. The predicted octanol–water partition coefficient (Wildman–Crippen LogP) is 3.33. The molecule has 1 aromatic rings. The molecule has 21 heavy (non-hydrogen) atoms. The maximum absolute atomic E-state index is 13.9. The summed E-state index contributed by atoms with van der Waals surface area (Å²) in [5.74, 6) is -0.178. The minimum atomic E-state index is -0.240. The molecule has 118 valence electrons. The summed E-state index contributed by atoms with van der Waals surface area (Å²) in [7, 11) is 0. The highest BCUT2D eigenvalue weighted by molar-refractivity contribution is 5.50. The summed E-state index contributed by atoms with van der Waals surface area (Å²) in [6.45, 7) is 13.5. The van der Waals surface area contributed by atoms with Gasteiger partial charge in [-0.05, 0) is 58.0 Å². The van der Waals surface area contributed by atoms with Crippen molar-refractivity contribution >= 4 is 5.69 Å². The molecule has 1 fully saturated rings. The molecule has 0 aromatic heterocycles. The van der Waals surface area contributed by atoms with Gasteiger partial charge in [0.15, 0.2) is 0 Å². The molecule has 1 aliphatic heterocycles. The van der Waals surface area contributed by atoms with Gasteiger partial charge in [-0.25, -0.2) is 4.39 Å². The average molecular weight is 294 g/mol. The first-order valence-electron chi connectivity index (χ1n) is 7.66. The van der Waals surface area contributed by atoms with Crippen LogP contribution in [0.4, 0.5) is 10.1 Å². The van der Waals surface area contributed by atoms with Crippen molar-refractivity contribution in [3.8, 4) is 0 Å². The van der Waals surface area contributed by atoms with Crippen LogP contribution in [-0.2, 0) is 11.3 Å². The largest absolute Gasteiger partial charge is 0.366 e. The highest BCUT2D eigenvalue weighted by Gasteiger charge is 2.38. The lowest BCUT2D eigenvalue weighted by molar-refractivity contribution is -0.133. The third kappa shape index (κ3) is 4.42. The molecule has 0 radical (unpaired) electrons. The first-order valence-corrected chi connectivity index (χ1v) is 7.66. The molecule has 2 rings (SSSR count). The van der Waals surface area contributed by atoms with Crippen LogP contribution in [0.25, 0.3) is 0 Å². The van der Waals surface area contributed by atoms with Crippen LogP contribution in [-0.4, -0.2) is 30.8 Å². The number of halogens is 1. The molecule has 0 aliphatic carbocycles. The number of hydrogen-bond donors (Lipinski definition) is 1. The molecule has 0 bridgehead atoms. The van der Waals surface area contributed by atoms with E-state index in [4.69, 9.17) is 4.74 Å². The lowest BCUT2D eigenvalue weighted by Crippen LogP contribution is -2.57. The zero-order valence-corrected chi connectivity index (χ0v) is 13.8. The monoisotopic (exact) mass is 294 g/mol. The van der Waals surface area contributed by atoms with E-state index >= 15 is 0 Å². The Labute approximate surface area is 127 Å². The van der Waals surface area contributed by atoms with E-state index in [9.17, 15) is 4.39 Å². The minimum absolute atomic E-state index is 0.178. The van der Waals surface area contributed by atoms with Crippen LogP contribution < -0.4 is 10.2 Å². The van der Waals surface area contributed by atoms with E-state index in [1.165, 1.54) is 0 Å². The van der Waals surface area contributed by atoms with Crippen molar-refractivity contribution in [3.05, 3.63) is 29.6 Å². The third-order valence-corrected chi connectivity index (χ3v) is 3.58. The number of nitrogens with one attached hydrogen (secondary N) is 1. The molecule has 1 heterocycles. The minimum Gasteiger partial charge on any atom is -0.366 e. The summed E-state index contributed by atoms with van der Waals surface area (Å²) in [6.07, 6.45) is 0. The molecule has 1 aliphatic rings. The van der Waals surface area contributed by atoms with E-state index in [0.29, 0.717) is 6.54 Å². The Balaban J connectivity index is 2.26. The van der Waals surface area contributed by atoms with Gasteiger partial charge in [-0.1, -0.05) is 6.92 Å². The maximum Gasteiger partial charge on any atom is 0.125 e. The molecule has 1 saturated heterocycles. The molecular weight excluding hydrogens is 267 g/mol. The fraction of sp³-hybridized carbons (Fsp3) is 0.647. The number of ether oxygens (including phenoxy) is 1. The van der Waals surface area contributed by atoms with Gasteiger partial charge in [-0.3, -0.25) is 0 Å². The van der Waals surface area contributed by atoms with E-state index in [1.807, 2.05) is 6.92 Å². The Bertz CT molecular complexity index is 484. The normalized spacial score (nSPS) is 20.6. The maximum atomic E-state index is 13.9. The molecular formula is C17H27FN2O. The molecule has 3 nitrogen and oxygen atoms in total. The summed E-state index contributed by atoms with van der Waals surface area (Å²) >= 11 is 0. The molecule has 0 spiro atoms. The number of rotatable bonds is 4. The van der Waals surface area contributed by atoms with Crippen molar-refractivity contribution in [2.75, 3.05) is 24.5 Å². The summed E-state index contributed by atoms with van der Waals surface area (Å²) in [5.41, 5.74) is 1.44. The van der Waals surface area contributed by atoms with Crippen LogP contribution in [0.15, 0.2) is 18.2 Å². The molecule has 0 amide bonds. The fourth-order valence-corrected chi connectivity index (χ4v) is 3.16. The van der Waals surface area contributed by atoms with Gasteiger partial charge in [0, 0.05) is 25.3 Å². The van der Waals surface area contributed by atoms with Crippen LogP contribution in [0.3, 0.4) is 0 Å². The lowest BCUT2D eigenvalue weighted by atomic mass is 9.98. The van der Waals surface area contributed by atoms with Gasteiger partial charge >= 0.3 is 0 Å². The zero-order valence-electron chi connectivity index (χ0n) is 13.8. The SMILES string of the molecule is CCNCc1cc(F)cc(N2CC(C)(C)OC(C)(C)C2)c1. The molecule has 0 atom stereocenters. The Morgan fingerprint density at radius 2 is 1.76 bits per heavy atom. The molecule has 1 N–H and O–H groups in total. The second kappa shape index (κ2) is 5.93. The topological polar surface area (TPSA) is 24.5 Å². The quantitative estimate of drug-likeness (QED) is 0.922. The summed E-state index contributed by atoms with van der Waals surface area (Å²) in [5, 5.41) is 3.24. The van der Waals surface area contributed by atoms with Gasteiger partial charge in [-0.2, -0.15) is 0 Å². The van der Waals surface area contributed by atoms with E-state index < -0.39 is 0 Å². The van der Waals surface area contributed by atoms with E-state index in [1.54, 1.807) is 12.1 Å². The first-order chi connectivity index (χ1) is 9.71. The molecule has 0 saturated carbocycles. The number of hydrogen-bond acceptors (Lipinski definition) is 3. The van der Waals surface area contributed by atoms with Crippen molar-refractivity contribution in [1.29, 1.82) is 0 Å². The Kier molecular flexibility index (Phi) is 4.59. The second-order valence-corrected chi connectivity index (χ2v) is 7.08. The number of morpholine rings is 1. The average Bonchev–Trinajstić information content (AvgIpc) is 2.32. The van der Waals surface area contributed by atoms with E-state index in [2.05, 4.69) is 44.0 Å². The van der Waals surface area contributed by atoms with Gasteiger partial charge in [0.25, 0.3) is 0 Å². The van der Waals surface area contributed by atoms with Gasteiger partial charge in [0.1, 0.15) is 5.82 Å². The number of nitrogens with zero attached hydrogens (tertiary/aromatic N) is 1. The van der Waals surface area contributed by atoms with Gasteiger partial charge in [-0.15, -0.1) is 0 Å². The smallest absolute Gasteiger partial charge is 0.125 e. The van der Waals surface area contributed by atoms with Crippen LogP contribution >= 0.6 is 0 Å². The van der Waals surface area contributed by atoms with Crippen molar-refractivity contribution in [1.82, 2.24) is 5.32 Å². The zero-order chi connectivity index (χ0) is 15.7. The Hall–Kier alpha value is -1.13. The third-order valence-electron chi connectivity index (χ3n) is 3.58. The summed E-state index contributed by atoms with van der Waals surface area (Å²) in [6, 6.07) is 5.29. The fourth-order valence-electron chi connectivity index (χ4n) is 3.16. The Morgan fingerprint density at radius 1 is 1.14 bits per heavy atom. The van der Waals surface area contributed by atoms with Crippen molar-refractivity contribution < 1.29 is 9.13 Å². The van der Waals surface area contributed by atoms with Crippen LogP contribution in [0.2, 0.25) is 0 Å². The van der Waals surface area contributed by atoms with Gasteiger partial charge in [0.2, 0.25) is 0 Å². The van der Waals surface area contributed by atoms with Crippen LogP contribution in [0.1, 0.15) is 40.2 Å². The number of benzene rings is 1. The molecule has 0 unspecified atom stereocenters. The highest BCUT2D eigenvalue weighted by atomic mass is 19.1. The number of anilines is 1. The lowest BCUT2D eigenvalue weighted by Gasteiger charge is -2.48. The van der Waals surface area contributed by atoms with E-state index in [-0.39, 0.29) is 17.0 Å². The van der Waals surface area contributed by atoms with Crippen LogP contribution in [0, 0.1) is 5.82 Å².